The molecule has 1 heterocycles. The zero-order chi connectivity index (χ0) is 15.2. The molecule has 3 N–H and O–H groups in total. The Morgan fingerprint density at radius 2 is 2.00 bits per heavy atom. The monoisotopic (exact) mass is 292 g/mol. The number of nitrogens with two attached hydrogens (primary N) is 1. The molecule has 0 fully saturated rings. The highest BCUT2D eigenvalue weighted by molar-refractivity contribution is 5.97. The molecule has 1 aliphatic heterocycles. The van der Waals surface area contributed by atoms with Gasteiger partial charge < -0.3 is 20.5 Å². The first kappa shape index (κ1) is 15.6. The molecule has 21 heavy (non-hydrogen) atoms. The molecule has 0 radical (unpaired) electrons. The number of carbonyl (C=O) groups excluding carboxylic acids is 1. The maximum Gasteiger partial charge on any atom is 0.255 e. The molecule has 1 amide bonds. The Kier molecular flexibility index (Phi) is 5.44. The first-order chi connectivity index (χ1) is 10.2. The molecule has 0 aliphatic carbocycles. The highest BCUT2D eigenvalue weighted by Crippen LogP contribution is 2.33. The molecule has 1 unspecified atom stereocenters. The SMILES string of the molecule is CCC(CC)C(N)CNC(=O)c1cccc2c1OCCO2. The summed E-state index contributed by atoms with van der Waals surface area (Å²) in [6, 6.07) is 5.32. The Balaban J connectivity index is 2.01. The summed E-state index contributed by atoms with van der Waals surface area (Å²) in [5.74, 6) is 1.41. The van der Waals surface area contributed by atoms with E-state index in [0.29, 0.717) is 42.7 Å². The Morgan fingerprint density at radius 1 is 1.29 bits per heavy atom. The smallest absolute Gasteiger partial charge is 0.255 e. The normalized spacial score (nSPS) is 14.9. The Labute approximate surface area is 125 Å². The number of carbonyl (C=O) groups is 1. The summed E-state index contributed by atoms with van der Waals surface area (Å²) in [7, 11) is 0. The average Bonchev–Trinajstić information content (AvgIpc) is 2.53. The average molecular weight is 292 g/mol. The van der Waals surface area contributed by atoms with Crippen LogP contribution >= 0.6 is 0 Å². The third-order valence-electron chi connectivity index (χ3n) is 3.96. The number of fused-ring (bicyclic) bond motifs is 1. The van der Waals surface area contributed by atoms with E-state index in [4.69, 9.17) is 15.2 Å². The first-order valence-electron chi connectivity index (χ1n) is 7.59. The van der Waals surface area contributed by atoms with Crippen molar-refractivity contribution in [2.24, 2.45) is 11.7 Å². The van der Waals surface area contributed by atoms with E-state index in [1.807, 2.05) is 0 Å². The molecular weight excluding hydrogens is 268 g/mol. The van der Waals surface area contributed by atoms with Crippen molar-refractivity contribution in [2.75, 3.05) is 19.8 Å². The lowest BCUT2D eigenvalue weighted by atomic mass is 9.95. The van der Waals surface area contributed by atoms with Gasteiger partial charge in [-0.15, -0.1) is 0 Å². The minimum Gasteiger partial charge on any atom is -0.486 e. The number of amides is 1. The van der Waals surface area contributed by atoms with Crippen LogP contribution in [-0.2, 0) is 0 Å². The van der Waals surface area contributed by atoms with Crippen molar-refractivity contribution in [1.29, 1.82) is 0 Å². The van der Waals surface area contributed by atoms with Crippen LogP contribution in [0.5, 0.6) is 11.5 Å². The van der Waals surface area contributed by atoms with Gasteiger partial charge in [0, 0.05) is 12.6 Å². The van der Waals surface area contributed by atoms with Crippen LogP contribution in [0.2, 0.25) is 0 Å². The van der Waals surface area contributed by atoms with Crippen LogP contribution in [0.4, 0.5) is 0 Å². The van der Waals surface area contributed by atoms with Crippen molar-refractivity contribution in [1.82, 2.24) is 5.32 Å². The lowest BCUT2D eigenvalue weighted by Gasteiger charge is -2.23. The zero-order valence-electron chi connectivity index (χ0n) is 12.7. The molecule has 1 atom stereocenters. The quantitative estimate of drug-likeness (QED) is 0.840. The van der Waals surface area contributed by atoms with E-state index in [1.165, 1.54) is 0 Å². The van der Waals surface area contributed by atoms with Crippen molar-refractivity contribution >= 4 is 5.91 Å². The molecule has 0 saturated heterocycles. The van der Waals surface area contributed by atoms with E-state index < -0.39 is 0 Å². The molecule has 116 valence electrons. The van der Waals surface area contributed by atoms with Gasteiger partial charge in [0.2, 0.25) is 0 Å². The van der Waals surface area contributed by atoms with Gasteiger partial charge in [-0.05, 0) is 18.1 Å². The van der Waals surface area contributed by atoms with E-state index in [-0.39, 0.29) is 11.9 Å². The summed E-state index contributed by atoms with van der Waals surface area (Å²) in [6.07, 6.45) is 2.04. The second-order valence-corrected chi connectivity index (χ2v) is 5.28. The zero-order valence-corrected chi connectivity index (χ0v) is 12.7. The summed E-state index contributed by atoms with van der Waals surface area (Å²) >= 11 is 0. The third-order valence-corrected chi connectivity index (χ3v) is 3.96. The highest BCUT2D eigenvalue weighted by Gasteiger charge is 2.21. The van der Waals surface area contributed by atoms with Crippen LogP contribution in [0.1, 0.15) is 37.0 Å². The van der Waals surface area contributed by atoms with Crippen LogP contribution < -0.4 is 20.5 Å². The van der Waals surface area contributed by atoms with Crippen molar-refractivity contribution < 1.29 is 14.3 Å². The van der Waals surface area contributed by atoms with Gasteiger partial charge in [-0.25, -0.2) is 0 Å². The van der Waals surface area contributed by atoms with Crippen molar-refractivity contribution in [3.05, 3.63) is 23.8 Å². The van der Waals surface area contributed by atoms with Gasteiger partial charge in [0.25, 0.3) is 5.91 Å². The number of hydrogen-bond donors (Lipinski definition) is 2. The van der Waals surface area contributed by atoms with Crippen LogP contribution in [0, 0.1) is 5.92 Å². The van der Waals surface area contributed by atoms with E-state index in [1.54, 1.807) is 18.2 Å². The van der Waals surface area contributed by atoms with E-state index in [0.717, 1.165) is 12.8 Å². The topological polar surface area (TPSA) is 73.6 Å². The molecule has 1 aromatic rings. The molecule has 0 aromatic heterocycles. The van der Waals surface area contributed by atoms with Gasteiger partial charge in [0.1, 0.15) is 13.2 Å². The second-order valence-electron chi connectivity index (χ2n) is 5.28. The number of nitrogens with one attached hydrogen (secondary N) is 1. The Hall–Kier alpha value is -1.75. The predicted molar refractivity (Wildman–Crippen MR) is 81.8 cm³/mol. The maximum atomic E-state index is 12.3. The standard InChI is InChI=1S/C16H24N2O3/c1-3-11(4-2)13(17)10-18-16(19)12-6-5-7-14-15(12)21-9-8-20-14/h5-7,11,13H,3-4,8-10,17H2,1-2H3,(H,18,19). The first-order valence-corrected chi connectivity index (χ1v) is 7.59. The number of benzene rings is 1. The predicted octanol–water partition coefficient (Wildman–Crippen LogP) is 1.95. The molecule has 0 spiro atoms. The summed E-state index contributed by atoms with van der Waals surface area (Å²) < 4.78 is 11.0. The molecule has 5 nitrogen and oxygen atoms in total. The fraction of sp³-hybridized carbons (Fsp3) is 0.562. The van der Waals surface area contributed by atoms with Gasteiger partial charge in [-0.1, -0.05) is 32.8 Å². The van der Waals surface area contributed by atoms with Crippen LogP contribution in [0.3, 0.4) is 0 Å². The highest BCUT2D eigenvalue weighted by atomic mass is 16.6. The summed E-state index contributed by atoms with van der Waals surface area (Å²) in [6.45, 7) is 5.68. The summed E-state index contributed by atoms with van der Waals surface area (Å²) in [5.41, 5.74) is 6.64. The van der Waals surface area contributed by atoms with Crippen LogP contribution in [0.15, 0.2) is 18.2 Å². The molecular formula is C16H24N2O3. The van der Waals surface area contributed by atoms with E-state index >= 15 is 0 Å². The molecule has 2 rings (SSSR count). The summed E-state index contributed by atoms with van der Waals surface area (Å²) in [4.78, 5) is 12.3. The van der Waals surface area contributed by atoms with E-state index in [2.05, 4.69) is 19.2 Å². The van der Waals surface area contributed by atoms with Gasteiger partial charge in [0.15, 0.2) is 11.5 Å². The van der Waals surface area contributed by atoms with Crippen molar-refractivity contribution in [3.8, 4) is 11.5 Å². The lowest BCUT2D eigenvalue weighted by Crippen LogP contribution is -2.42. The fourth-order valence-corrected chi connectivity index (χ4v) is 2.62. The number of hydrogen-bond acceptors (Lipinski definition) is 4. The Morgan fingerprint density at radius 3 is 2.71 bits per heavy atom. The maximum absolute atomic E-state index is 12.3. The van der Waals surface area contributed by atoms with Crippen LogP contribution in [-0.4, -0.2) is 31.7 Å². The Bertz CT molecular complexity index is 486. The van der Waals surface area contributed by atoms with Crippen molar-refractivity contribution in [2.45, 2.75) is 32.7 Å². The third kappa shape index (κ3) is 3.67. The molecule has 1 aromatic carbocycles. The minimum absolute atomic E-state index is 0.0272. The molecule has 0 saturated carbocycles. The number of rotatable bonds is 6. The molecule has 5 heteroatoms. The van der Waals surface area contributed by atoms with E-state index in [9.17, 15) is 4.79 Å². The van der Waals surface area contributed by atoms with Gasteiger partial charge >= 0.3 is 0 Å². The van der Waals surface area contributed by atoms with Gasteiger partial charge in [-0.2, -0.15) is 0 Å². The van der Waals surface area contributed by atoms with Gasteiger partial charge in [-0.3, -0.25) is 4.79 Å². The van der Waals surface area contributed by atoms with Crippen molar-refractivity contribution in [3.63, 3.8) is 0 Å². The fourth-order valence-electron chi connectivity index (χ4n) is 2.62. The minimum atomic E-state index is -0.168. The van der Waals surface area contributed by atoms with Gasteiger partial charge in [0.05, 0.1) is 5.56 Å². The second kappa shape index (κ2) is 7.31. The lowest BCUT2D eigenvalue weighted by molar-refractivity contribution is 0.0937. The largest absolute Gasteiger partial charge is 0.486 e. The summed E-state index contributed by atoms with van der Waals surface area (Å²) in [5, 5.41) is 2.90. The molecule has 1 aliphatic rings. The number of ether oxygens (including phenoxy) is 2. The number of para-hydroxylation sites is 1. The van der Waals surface area contributed by atoms with Crippen LogP contribution in [0.25, 0.3) is 0 Å². The molecule has 0 bridgehead atoms.